The minimum absolute atomic E-state index is 0.204. The number of alkyl halides is 6. The molecule has 1 aromatic rings. The van der Waals surface area contributed by atoms with Gasteiger partial charge in [-0.15, -0.1) is 0 Å². The summed E-state index contributed by atoms with van der Waals surface area (Å²) in [4.78, 5) is 10.7. The second kappa shape index (κ2) is 5.18. The highest BCUT2D eigenvalue weighted by Crippen LogP contribution is 2.52. The van der Waals surface area contributed by atoms with Gasteiger partial charge in [0.05, 0.1) is 0 Å². The van der Waals surface area contributed by atoms with Crippen molar-refractivity contribution in [2.24, 2.45) is 0 Å². The fraction of sp³-hybridized carbons (Fsp3) is 0.250. The van der Waals surface area contributed by atoms with Crippen molar-refractivity contribution in [3.63, 3.8) is 0 Å². The number of hydrogen-bond acceptors (Lipinski definition) is 2. The monoisotopic (exact) mass is 298 g/mol. The van der Waals surface area contributed by atoms with E-state index in [1.807, 2.05) is 0 Å². The molecule has 2 nitrogen and oxygen atoms in total. The van der Waals surface area contributed by atoms with E-state index in [9.17, 15) is 31.1 Å². The van der Waals surface area contributed by atoms with Gasteiger partial charge in [-0.2, -0.15) is 22.0 Å². The summed E-state index contributed by atoms with van der Waals surface area (Å²) >= 11 is 0. The van der Waals surface area contributed by atoms with E-state index in [-0.39, 0.29) is 6.08 Å². The van der Waals surface area contributed by atoms with Gasteiger partial charge < -0.3 is 4.74 Å². The Hall–Kier alpha value is -1.99. The van der Waals surface area contributed by atoms with Crippen molar-refractivity contribution < 1.29 is 35.9 Å². The standard InChI is InChI=1S/C12H8F6O2/c1-2-9(19)20-12(17,18)10(13,11(14,15)16)8-6-4-3-5-7-8/h2-7H,1H2. The maximum Gasteiger partial charge on any atom is 0.449 e. The van der Waals surface area contributed by atoms with Gasteiger partial charge in [0.2, 0.25) is 0 Å². The molecule has 0 aromatic heterocycles. The lowest BCUT2D eigenvalue weighted by atomic mass is 9.93. The molecule has 1 aromatic carbocycles. The van der Waals surface area contributed by atoms with Crippen LogP contribution in [0.3, 0.4) is 0 Å². The molecule has 0 aliphatic rings. The summed E-state index contributed by atoms with van der Waals surface area (Å²) in [6.07, 6.45) is -11.2. The Bertz CT molecular complexity index is 496. The predicted octanol–water partition coefficient (Wildman–Crippen LogP) is 3.74. The van der Waals surface area contributed by atoms with Gasteiger partial charge in [0, 0.05) is 11.6 Å². The molecule has 0 aliphatic carbocycles. The Kier molecular flexibility index (Phi) is 4.16. The number of rotatable bonds is 4. The maximum atomic E-state index is 14.1. The van der Waals surface area contributed by atoms with E-state index in [1.165, 1.54) is 6.07 Å². The van der Waals surface area contributed by atoms with Crippen LogP contribution >= 0.6 is 0 Å². The summed E-state index contributed by atoms with van der Waals surface area (Å²) in [7, 11) is 0. The summed E-state index contributed by atoms with van der Waals surface area (Å²) in [6, 6.07) is 4.14. The minimum atomic E-state index is -6.00. The molecular formula is C12H8F6O2. The molecule has 8 heteroatoms. The highest BCUT2D eigenvalue weighted by Gasteiger charge is 2.75. The third-order valence-corrected chi connectivity index (χ3v) is 2.36. The van der Waals surface area contributed by atoms with Crippen molar-refractivity contribution in [1.82, 2.24) is 0 Å². The Morgan fingerprint density at radius 2 is 1.55 bits per heavy atom. The predicted molar refractivity (Wildman–Crippen MR) is 56.5 cm³/mol. The molecule has 0 heterocycles. The first-order valence-corrected chi connectivity index (χ1v) is 5.10. The second-order valence-corrected chi connectivity index (χ2v) is 3.66. The van der Waals surface area contributed by atoms with Crippen molar-refractivity contribution >= 4 is 5.97 Å². The second-order valence-electron chi connectivity index (χ2n) is 3.66. The largest absolute Gasteiger partial charge is 0.449 e. The first-order valence-electron chi connectivity index (χ1n) is 5.10. The normalized spacial score (nSPS) is 15.3. The molecule has 0 amide bonds. The molecular weight excluding hydrogens is 290 g/mol. The molecule has 1 unspecified atom stereocenters. The van der Waals surface area contributed by atoms with Crippen molar-refractivity contribution in [1.29, 1.82) is 0 Å². The van der Waals surface area contributed by atoms with E-state index < -0.39 is 29.5 Å². The van der Waals surface area contributed by atoms with Crippen LogP contribution in [0.5, 0.6) is 0 Å². The smallest absolute Gasteiger partial charge is 0.395 e. The van der Waals surface area contributed by atoms with Crippen molar-refractivity contribution in [3.05, 3.63) is 48.6 Å². The zero-order valence-corrected chi connectivity index (χ0v) is 9.76. The van der Waals surface area contributed by atoms with Crippen LogP contribution < -0.4 is 0 Å². The zero-order chi connectivity index (χ0) is 15.6. The number of hydrogen-bond donors (Lipinski definition) is 0. The van der Waals surface area contributed by atoms with Crippen LogP contribution in [-0.4, -0.2) is 18.3 Å². The van der Waals surface area contributed by atoms with E-state index >= 15 is 0 Å². The SMILES string of the molecule is C=CC(=O)OC(F)(F)C(F)(c1ccccc1)C(F)(F)F. The number of esters is 1. The molecule has 20 heavy (non-hydrogen) atoms. The van der Waals surface area contributed by atoms with Crippen LogP contribution in [0.4, 0.5) is 26.3 Å². The van der Waals surface area contributed by atoms with Crippen molar-refractivity contribution in [2.45, 2.75) is 18.0 Å². The average molecular weight is 298 g/mol. The topological polar surface area (TPSA) is 26.3 Å². The van der Waals surface area contributed by atoms with Gasteiger partial charge in [0.1, 0.15) is 0 Å². The van der Waals surface area contributed by atoms with E-state index in [0.29, 0.717) is 12.1 Å². The van der Waals surface area contributed by atoms with Gasteiger partial charge in [-0.25, -0.2) is 9.18 Å². The molecule has 0 bridgehead atoms. The Morgan fingerprint density at radius 3 is 1.95 bits per heavy atom. The first-order chi connectivity index (χ1) is 9.06. The van der Waals surface area contributed by atoms with Crippen LogP contribution in [-0.2, 0) is 15.2 Å². The maximum absolute atomic E-state index is 14.1. The van der Waals surface area contributed by atoms with E-state index in [4.69, 9.17) is 0 Å². The fourth-order valence-electron chi connectivity index (χ4n) is 1.40. The Balaban J connectivity index is 3.40. The van der Waals surface area contributed by atoms with Crippen LogP contribution in [0, 0.1) is 0 Å². The van der Waals surface area contributed by atoms with Crippen LogP contribution in [0.25, 0.3) is 0 Å². The quantitative estimate of drug-likeness (QED) is 0.481. The summed E-state index contributed by atoms with van der Waals surface area (Å²) in [5.41, 5.74) is -6.55. The molecule has 110 valence electrons. The lowest BCUT2D eigenvalue weighted by Crippen LogP contribution is -2.54. The molecule has 0 radical (unpaired) electrons. The van der Waals surface area contributed by atoms with Crippen LogP contribution in [0.1, 0.15) is 5.56 Å². The molecule has 0 saturated heterocycles. The van der Waals surface area contributed by atoms with E-state index in [1.54, 1.807) is 0 Å². The highest BCUT2D eigenvalue weighted by atomic mass is 19.4. The molecule has 0 spiro atoms. The third kappa shape index (κ3) is 2.63. The van der Waals surface area contributed by atoms with Gasteiger partial charge in [-0.05, 0) is 0 Å². The van der Waals surface area contributed by atoms with Crippen LogP contribution in [0.15, 0.2) is 43.0 Å². The highest BCUT2D eigenvalue weighted by molar-refractivity contribution is 5.81. The molecule has 0 aliphatic heterocycles. The first kappa shape index (κ1) is 16.1. The molecule has 1 rings (SSSR count). The average Bonchev–Trinajstić information content (AvgIpc) is 2.36. The third-order valence-electron chi connectivity index (χ3n) is 2.36. The number of benzene rings is 1. The lowest BCUT2D eigenvalue weighted by molar-refractivity contribution is -0.375. The molecule has 0 fully saturated rings. The summed E-state index contributed by atoms with van der Waals surface area (Å²) < 4.78 is 82.7. The van der Waals surface area contributed by atoms with Gasteiger partial charge >= 0.3 is 23.9 Å². The van der Waals surface area contributed by atoms with E-state index in [0.717, 1.165) is 12.1 Å². The minimum Gasteiger partial charge on any atom is -0.395 e. The molecule has 1 atom stereocenters. The van der Waals surface area contributed by atoms with Crippen molar-refractivity contribution in [3.8, 4) is 0 Å². The Morgan fingerprint density at radius 1 is 1.05 bits per heavy atom. The number of carbonyl (C=O) groups is 1. The summed E-state index contributed by atoms with van der Waals surface area (Å²) in [5, 5.41) is 0. The number of carbonyl (C=O) groups excluding carboxylic acids is 1. The zero-order valence-electron chi connectivity index (χ0n) is 9.76. The summed E-state index contributed by atoms with van der Waals surface area (Å²) in [5.74, 6) is -1.88. The summed E-state index contributed by atoms with van der Waals surface area (Å²) in [6.45, 7) is 2.75. The fourth-order valence-corrected chi connectivity index (χ4v) is 1.40. The molecule has 0 saturated carbocycles. The van der Waals surface area contributed by atoms with Gasteiger partial charge in [-0.1, -0.05) is 36.9 Å². The van der Waals surface area contributed by atoms with Gasteiger partial charge in [0.15, 0.2) is 0 Å². The van der Waals surface area contributed by atoms with Crippen molar-refractivity contribution in [2.75, 3.05) is 0 Å². The Labute approximate surface area is 109 Å². The van der Waals surface area contributed by atoms with Gasteiger partial charge in [0.25, 0.3) is 0 Å². The van der Waals surface area contributed by atoms with E-state index in [2.05, 4.69) is 11.3 Å². The van der Waals surface area contributed by atoms with Crippen LogP contribution in [0.2, 0.25) is 0 Å². The lowest BCUT2D eigenvalue weighted by Gasteiger charge is -2.33. The number of halogens is 6. The molecule has 0 N–H and O–H groups in total. The van der Waals surface area contributed by atoms with Gasteiger partial charge in [-0.3, -0.25) is 0 Å². The number of ether oxygens (including phenoxy) is 1.